The summed E-state index contributed by atoms with van der Waals surface area (Å²) in [5.41, 5.74) is 31.5. The Bertz CT molecular complexity index is 3200. The number of thiol groups is 1. The predicted octanol–water partition coefficient (Wildman–Crippen LogP) is -1.35. The number of phenols is 1. The van der Waals surface area contributed by atoms with Gasteiger partial charge in [0.05, 0.1) is 5.75 Å². The number of para-hydroxylation sites is 1. The summed E-state index contributed by atoms with van der Waals surface area (Å²) in [5.74, 6) is -9.10. The summed E-state index contributed by atoms with van der Waals surface area (Å²) >= 11 is 5.29. The van der Waals surface area contributed by atoms with Gasteiger partial charge in [0.15, 0.2) is 0 Å². The molecule has 1 aliphatic heterocycles. The molecule has 0 radical (unpaired) electrons. The number of amides is 11. The summed E-state index contributed by atoms with van der Waals surface area (Å²) in [6.45, 7) is 3.95. The van der Waals surface area contributed by atoms with Crippen LogP contribution in [0.15, 0.2) is 85.1 Å². The number of unbranched alkanes of at least 4 members (excludes halogenated alkanes) is 3. The van der Waals surface area contributed by atoms with Gasteiger partial charge in [0, 0.05) is 55.7 Å². The van der Waals surface area contributed by atoms with E-state index in [2.05, 4.69) is 65.5 Å². The van der Waals surface area contributed by atoms with Crippen LogP contribution < -0.4 is 76.5 Å². The Labute approximate surface area is 563 Å². The van der Waals surface area contributed by atoms with Crippen molar-refractivity contribution in [1.82, 2.24) is 57.7 Å². The third-order valence-electron chi connectivity index (χ3n) is 16.2. The summed E-state index contributed by atoms with van der Waals surface area (Å²) in [5, 5.41) is 35.5. The molecule has 1 fully saturated rings. The van der Waals surface area contributed by atoms with Crippen LogP contribution in [0.4, 0.5) is 0 Å². The molecule has 520 valence electrons. The van der Waals surface area contributed by atoms with Crippen molar-refractivity contribution in [2.75, 3.05) is 50.5 Å². The van der Waals surface area contributed by atoms with Crippen molar-refractivity contribution < 1.29 is 57.8 Å². The van der Waals surface area contributed by atoms with Gasteiger partial charge in [-0.2, -0.15) is 24.4 Å². The maximum Gasteiger partial charge on any atom is 0.245 e. The quantitative estimate of drug-likeness (QED) is 0.0190. The van der Waals surface area contributed by atoms with Crippen LogP contribution in [-0.4, -0.2) is 191 Å². The van der Waals surface area contributed by atoms with E-state index in [-0.39, 0.29) is 81.0 Å². The molecule has 10 atom stereocenters. The molecule has 0 bridgehead atoms. The van der Waals surface area contributed by atoms with E-state index in [0.29, 0.717) is 68.3 Å². The van der Waals surface area contributed by atoms with Gasteiger partial charge in [-0.05, 0) is 130 Å². The number of aromatic amines is 1. The van der Waals surface area contributed by atoms with Gasteiger partial charge < -0.3 is 91.5 Å². The van der Waals surface area contributed by atoms with Crippen LogP contribution in [0.1, 0.15) is 94.7 Å². The number of aromatic nitrogens is 1. The van der Waals surface area contributed by atoms with Crippen molar-refractivity contribution in [3.63, 3.8) is 0 Å². The van der Waals surface area contributed by atoms with Crippen molar-refractivity contribution >= 4 is 100 Å². The van der Waals surface area contributed by atoms with Crippen molar-refractivity contribution in [3.05, 3.63) is 102 Å². The third kappa shape index (κ3) is 25.1. The van der Waals surface area contributed by atoms with Gasteiger partial charge in [0.1, 0.15) is 66.2 Å². The number of likely N-dealkylation sites (N-methyl/N-ethyl adjacent to an activating group) is 1. The zero-order valence-electron chi connectivity index (χ0n) is 54.2. The monoisotopic (exact) mass is 1360 g/mol. The molecule has 0 spiro atoms. The lowest BCUT2D eigenvalue weighted by Crippen LogP contribution is -2.62. The minimum Gasteiger partial charge on any atom is -0.508 e. The smallest absolute Gasteiger partial charge is 0.245 e. The molecule has 0 unspecified atom stereocenters. The van der Waals surface area contributed by atoms with E-state index in [1.165, 1.54) is 24.1 Å². The topological polar surface area (TPSA) is 465 Å². The van der Waals surface area contributed by atoms with Crippen molar-refractivity contribution in [1.29, 1.82) is 0 Å². The molecule has 21 N–H and O–H groups in total. The first kappa shape index (κ1) is 77.4. The highest BCUT2D eigenvalue weighted by Gasteiger charge is 2.39. The molecule has 0 saturated carbocycles. The number of aromatic hydroxyl groups is 1. The van der Waals surface area contributed by atoms with E-state index in [0.717, 1.165) is 22.7 Å². The van der Waals surface area contributed by atoms with Crippen LogP contribution in [0.5, 0.6) is 5.75 Å². The first-order valence-electron chi connectivity index (χ1n) is 32.2. The van der Waals surface area contributed by atoms with Crippen LogP contribution in [0.3, 0.4) is 0 Å². The van der Waals surface area contributed by atoms with Gasteiger partial charge in [-0.3, -0.25) is 52.7 Å². The first-order chi connectivity index (χ1) is 45.5. The standard InChI is InChI=1S/C65H96N16O12S2/c1-38(2)55-64(92)76-49(26-30-95-37-54(83)72-35-44(69)57(85)74-47(20-10-13-28-67)58(86)79-52(36-94)62(90)73-46(56(70)84)19-9-12-27-66)65(93)81(3)53(32-39-15-5-4-6-16-39)63(91)78-50(31-40-22-24-42(82)25-23-40)60(88)77-51(33-41-34-71-45-18-8-7-17-43(41)45)61(89)75-48(59(87)80-55)21-11-14-29-68/h4-8,15-18,22-25,34,38,44,46-53,55,71,82,94H,9-14,19-21,26-33,35-37,66-69H2,1-3H3,(H2,70,84)(H,72,83)(H,73,90)(H,74,85)(H,75,89)(H,76,92)(H,77,88)(H,78,91)(H,79,86)(H,80,87)/t44-,46-,47-,48-,49-,50-,51+,52-,53-,55-/m0/s1. The second-order valence-corrected chi connectivity index (χ2v) is 25.4. The molecule has 28 nitrogen and oxygen atoms in total. The number of hydrogen-bond donors (Lipinski definition) is 17. The molecule has 0 aliphatic carbocycles. The third-order valence-corrected chi connectivity index (χ3v) is 17.6. The van der Waals surface area contributed by atoms with E-state index in [4.69, 9.17) is 28.7 Å². The normalized spacial score (nSPS) is 19.7. The molecule has 1 aliphatic rings. The zero-order valence-corrected chi connectivity index (χ0v) is 55.9. The molecule has 30 heteroatoms. The number of phenolic OH excluding ortho intramolecular Hbond substituents is 1. The summed E-state index contributed by atoms with van der Waals surface area (Å²) in [4.78, 5) is 160. The second kappa shape index (κ2) is 40.2. The summed E-state index contributed by atoms with van der Waals surface area (Å²) in [6.07, 6.45) is 4.60. The number of nitrogens with one attached hydrogen (secondary N) is 10. The molecule has 4 aromatic rings. The van der Waals surface area contributed by atoms with E-state index >= 15 is 9.59 Å². The minimum atomic E-state index is -1.40. The lowest BCUT2D eigenvalue weighted by Gasteiger charge is -2.34. The van der Waals surface area contributed by atoms with E-state index < -0.39 is 131 Å². The number of nitrogens with zero attached hydrogens (tertiary/aromatic N) is 1. The van der Waals surface area contributed by atoms with Crippen LogP contribution >= 0.6 is 24.4 Å². The van der Waals surface area contributed by atoms with Crippen molar-refractivity contribution in [2.45, 2.75) is 158 Å². The predicted molar refractivity (Wildman–Crippen MR) is 365 cm³/mol. The fraction of sp³-hybridized carbons (Fsp3) is 0.523. The summed E-state index contributed by atoms with van der Waals surface area (Å²) in [7, 11) is 1.39. The molecule has 2 heterocycles. The van der Waals surface area contributed by atoms with E-state index in [9.17, 15) is 48.3 Å². The van der Waals surface area contributed by atoms with Crippen molar-refractivity contribution in [3.8, 4) is 5.75 Å². The summed E-state index contributed by atoms with van der Waals surface area (Å²) in [6, 6.07) is 9.36. The van der Waals surface area contributed by atoms with Gasteiger partial charge >= 0.3 is 0 Å². The molecule has 3 aromatic carbocycles. The van der Waals surface area contributed by atoms with Crippen molar-refractivity contribution in [2.24, 2.45) is 34.6 Å². The molecule has 11 amide bonds. The Morgan fingerprint density at radius 2 is 1.16 bits per heavy atom. The fourth-order valence-corrected chi connectivity index (χ4v) is 11.7. The second-order valence-electron chi connectivity index (χ2n) is 23.9. The number of fused-ring (bicyclic) bond motifs is 1. The number of H-pyrrole nitrogens is 1. The van der Waals surface area contributed by atoms with Crippen LogP contribution in [0.25, 0.3) is 10.9 Å². The number of hydrogen-bond acceptors (Lipinski definition) is 18. The number of primary amides is 1. The highest BCUT2D eigenvalue weighted by molar-refractivity contribution is 7.99. The van der Waals surface area contributed by atoms with Crippen LogP contribution in [0.2, 0.25) is 0 Å². The zero-order chi connectivity index (χ0) is 69.6. The Kier molecular flexibility index (Phi) is 32.7. The Morgan fingerprint density at radius 3 is 1.80 bits per heavy atom. The fourth-order valence-electron chi connectivity index (χ4n) is 10.6. The summed E-state index contributed by atoms with van der Waals surface area (Å²) < 4.78 is 0. The van der Waals surface area contributed by atoms with Gasteiger partial charge in [0.25, 0.3) is 0 Å². The van der Waals surface area contributed by atoms with Gasteiger partial charge in [-0.15, -0.1) is 0 Å². The molecule has 95 heavy (non-hydrogen) atoms. The number of nitrogens with two attached hydrogens (primary N) is 5. The lowest BCUT2D eigenvalue weighted by molar-refractivity contribution is -0.143. The molecule has 1 saturated heterocycles. The Morgan fingerprint density at radius 1 is 0.611 bits per heavy atom. The highest BCUT2D eigenvalue weighted by Crippen LogP contribution is 2.22. The Balaban J connectivity index is 1.39. The average molecular weight is 1360 g/mol. The number of thioether (sulfide) groups is 1. The number of carbonyl (C=O) groups is 11. The maximum atomic E-state index is 15.2. The average Bonchev–Trinajstić information content (AvgIpc) is 1.80. The number of benzene rings is 3. The SMILES string of the molecule is CC(C)[C@@H]1NC(=O)[C@H](CCCCN)NC(=O)[C@@H](Cc2c[nH]c3ccccc23)NC(=O)[C@H](Cc2ccc(O)cc2)NC(=O)[C@H](Cc2ccccc2)N(C)C(=O)[C@H](CCSCC(=O)NC[C@H](N)C(=O)N[C@@H](CCCCN)C(=O)N[C@@H](CS)C(=O)N[C@@H](CCCCN)C(N)=O)NC1=O. The number of rotatable bonds is 34. The molecule has 5 rings (SSSR count). The lowest BCUT2D eigenvalue weighted by atomic mass is 9.98. The number of carbonyl (C=O) groups excluding carboxylic acids is 11. The maximum absolute atomic E-state index is 15.2. The largest absolute Gasteiger partial charge is 0.508 e. The van der Waals surface area contributed by atoms with Crippen LogP contribution in [0, 0.1) is 5.92 Å². The molecule has 1 aromatic heterocycles. The van der Waals surface area contributed by atoms with Crippen LogP contribution in [-0.2, 0) is 72.0 Å². The first-order valence-corrected chi connectivity index (χ1v) is 33.9. The Hall–Kier alpha value is -8.29. The minimum absolute atomic E-state index is 0.0466. The highest BCUT2D eigenvalue weighted by atomic mass is 32.2. The van der Waals surface area contributed by atoms with E-state index in [1.807, 2.05) is 24.3 Å². The molecular weight excluding hydrogens is 1260 g/mol. The molecular formula is C65H96N16O12S2. The van der Waals surface area contributed by atoms with Gasteiger partial charge in [-0.25, -0.2) is 0 Å². The van der Waals surface area contributed by atoms with Gasteiger partial charge in [0.2, 0.25) is 65.0 Å². The van der Waals surface area contributed by atoms with E-state index in [1.54, 1.807) is 62.5 Å². The van der Waals surface area contributed by atoms with Gasteiger partial charge in [-0.1, -0.05) is 74.5 Å².